The molecule has 86 valence electrons. The smallest absolute Gasteiger partial charge is 0.0946 e. The van der Waals surface area contributed by atoms with Crippen molar-refractivity contribution >= 4 is 0 Å². The van der Waals surface area contributed by atoms with Crippen LogP contribution in [0.5, 0.6) is 0 Å². The summed E-state index contributed by atoms with van der Waals surface area (Å²) in [6.07, 6.45) is 7.42. The van der Waals surface area contributed by atoms with Gasteiger partial charge in [-0.25, -0.2) is 4.98 Å². The fourth-order valence-electron chi connectivity index (χ4n) is 1.74. The van der Waals surface area contributed by atoms with E-state index in [1.807, 2.05) is 36.5 Å². The minimum atomic E-state index is 0.316. The normalized spacial score (nSPS) is 12.9. The highest BCUT2D eigenvalue weighted by Gasteiger charge is 2.07. The number of imidazole rings is 1. The van der Waals surface area contributed by atoms with Crippen LogP contribution in [0.25, 0.3) is 0 Å². The molecule has 1 N–H and O–H groups in total. The lowest BCUT2D eigenvalue weighted by Crippen LogP contribution is -2.24. The lowest BCUT2D eigenvalue weighted by Gasteiger charge is -2.14. The molecule has 0 aliphatic rings. The number of aryl methyl sites for hydroxylation is 1. The van der Waals surface area contributed by atoms with E-state index < -0.39 is 0 Å². The minimum absolute atomic E-state index is 0.316. The van der Waals surface area contributed by atoms with Crippen LogP contribution in [0.15, 0.2) is 31.0 Å². The molecule has 0 fully saturated rings. The highest BCUT2D eigenvalue weighted by molar-refractivity contribution is 5.05. The van der Waals surface area contributed by atoms with Gasteiger partial charge in [0.05, 0.1) is 12.0 Å². The lowest BCUT2D eigenvalue weighted by molar-refractivity contribution is 0.503. The molecule has 0 spiro atoms. The number of aromatic nitrogens is 4. The molecular weight excluding hydrogens is 202 g/mol. The molecule has 5 nitrogen and oxygen atoms in total. The first-order chi connectivity index (χ1) is 7.77. The van der Waals surface area contributed by atoms with E-state index in [0.29, 0.717) is 6.04 Å². The number of nitrogens with one attached hydrogen (secondary N) is 1. The van der Waals surface area contributed by atoms with Crippen LogP contribution in [0.1, 0.15) is 18.7 Å². The maximum atomic E-state index is 4.16. The van der Waals surface area contributed by atoms with Gasteiger partial charge in [0.15, 0.2) is 0 Å². The van der Waals surface area contributed by atoms with Crippen molar-refractivity contribution in [2.24, 2.45) is 7.05 Å². The van der Waals surface area contributed by atoms with E-state index in [0.717, 1.165) is 13.1 Å². The van der Waals surface area contributed by atoms with Gasteiger partial charge in [0, 0.05) is 44.8 Å². The molecule has 1 unspecified atom stereocenters. The summed E-state index contributed by atoms with van der Waals surface area (Å²) in [5.74, 6) is 0. The summed E-state index contributed by atoms with van der Waals surface area (Å²) in [4.78, 5) is 4.01. The van der Waals surface area contributed by atoms with Crippen molar-refractivity contribution in [2.75, 3.05) is 6.54 Å². The average molecular weight is 219 g/mol. The Morgan fingerprint density at radius 2 is 2.31 bits per heavy atom. The Hall–Kier alpha value is -1.62. The number of hydrogen-bond donors (Lipinski definition) is 1. The highest BCUT2D eigenvalue weighted by Crippen LogP contribution is 2.09. The highest BCUT2D eigenvalue weighted by atomic mass is 15.3. The molecule has 16 heavy (non-hydrogen) atoms. The molecule has 2 rings (SSSR count). The quantitative estimate of drug-likeness (QED) is 0.815. The predicted octanol–water partition coefficient (Wildman–Crippen LogP) is 0.967. The monoisotopic (exact) mass is 219 g/mol. The van der Waals surface area contributed by atoms with Crippen molar-refractivity contribution in [3.8, 4) is 0 Å². The second-order valence-electron chi connectivity index (χ2n) is 3.86. The Bertz CT molecular complexity index is 417. The first kappa shape index (κ1) is 10.9. The van der Waals surface area contributed by atoms with E-state index >= 15 is 0 Å². The third kappa shape index (κ3) is 2.49. The Balaban J connectivity index is 1.80. The van der Waals surface area contributed by atoms with Crippen molar-refractivity contribution in [1.82, 2.24) is 24.6 Å². The van der Waals surface area contributed by atoms with Crippen molar-refractivity contribution in [1.29, 1.82) is 0 Å². The second-order valence-corrected chi connectivity index (χ2v) is 3.86. The first-order valence-electron chi connectivity index (χ1n) is 5.44. The van der Waals surface area contributed by atoms with Gasteiger partial charge in [0.1, 0.15) is 0 Å². The van der Waals surface area contributed by atoms with Gasteiger partial charge in [-0.15, -0.1) is 0 Å². The molecule has 2 heterocycles. The third-order valence-electron chi connectivity index (χ3n) is 2.68. The minimum Gasteiger partial charge on any atom is -0.336 e. The summed E-state index contributed by atoms with van der Waals surface area (Å²) in [7, 11) is 1.96. The Kier molecular flexibility index (Phi) is 3.36. The summed E-state index contributed by atoms with van der Waals surface area (Å²) in [5, 5.41) is 7.61. The summed E-state index contributed by atoms with van der Waals surface area (Å²) in [5.41, 5.74) is 1.20. The molecule has 0 saturated carbocycles. The number of rotatable bonds is 5. The van der Waals surface area contributed by atoms with Crippen LogP contribution in [-0.2, 0) is 13.6 Å². The zero-order valence-corrected chi connectivity index (χ0v) is 9.67. The van der Waals surface area contributed by atoms with Crippen molar-refractivity contribution in [2.45, 2.75) is 19.5 Å². The number of hydrogen-bond acceptors (Lipinski definition) is 3. The molecule has 0 aromatic carbocycles. The van der Waals surface area contributed by atoms with Gasteiger partial charge < -0.3 is 9.88 Å². The average Bonchev–Trinajstić information content (AvgIpc) is 2.88. The van der Waals surface area contributed by atoms with Crippen LogP contribution in [0.4, 0.5) is 0 Å². The van der Waals surface area contributed by atoms with E-state index in [1.54, 1.807) is 6.20 Å². The first-order valence-corrected chi connectivity index (χ1v) is 5.44. The topological polar surface area (TPSA) is 47.7 Å². The summed E-state index contributed by atoms with van der Waals surface area (Å²) in [6.45, 7) is 4.00. The summed E-state index contributed by atoms with van der Waals surface area (Å²) < 4.78 is 3.96. The fraction of sp³-hybridized carbons (Fsp3) is 0.455. The zero-order chi connectivity index (χ0) is 11.4. The molecule has 0 saturated heterocycles. The molecule has 0 amide bonds. The van der Waals surface area contributed by atoms with Gasteiger partial charge in [0.2, 0.25) is 0 Å². The van der Waals surface area contributed by atoms with Crippen LogP contribution in [0.3, 0.4) is 0 Å². The SMILES string of the molecule is CC(NCCn1ccnc1)c1ccnn1C. The molecule has 0 bridgehead atoms. The predicted molar refractivity (Wildman–Crippen MR) is 61.9 cm³/mol. The van der Waals surface area contributed by atoms with Crippen molar-refractivity contribution in [3.63, 3.8) is 0 Å². The van der Waals surface area contributed by atoms with Crippen LogP contribution >= 0.6 is 0 Å². The molecular formula is C11H17N5. The van der Waals surface area contributed by atoms with Crippen molar-refractivity contribution in [3.05, 3.63) is 36.7 Å². The molecule has 0 aliphatic carbocycles. The van der Waals surface area contributed by atoms with Gasteiger partial charge in [-0.1, -0.05) is 0 Å². The molecule has 5 heteroatoms. The van der Waals surface area contributed by atoms with E-state index in [2.05, 4.69) is 26.9 Å². The van der Waals surface area contributed by atoms with Crippen LogP contribution in [0, 0.1) is 0 Å². The standard InChI is InChI=1S/C11H17N5/c1-10(11-3-4-14-15(11)2)13-6-8-16-7-5-12-9-16/h3-5,7,9-10,13H,6,8H2,1-2H3. The van der Waals surface area contributed by atoms with Gasteiger partial charge in [-0.05, 0) is 13.0 Å². The maximum absolute atomic E-state index is 4.16. The van der Waals surface area contributed by atoms with Crippen molar-refractivity contribution < 1.29 is 0 Å². The van der Waals surface area contributed by atoms with Gasteiger partial charge in [-0.3, -0.25) is 4.68 Å². The van der Waals surface area contributed by atoms with E-state index in [1.165, 1.54) is 5.69 Å². The van der Waals surface area contributed by atoms with Crippen LogP contribution < -0.4 is 5.32 Å². The Morgan fingerprint density at radius 1 is 1.44 bits per heavy atom. The van der Waals surface area contributed by atoms with Crippen LogP contribution in [-0.4, -0.2) is 25.9 Å². The Morgan fingerprint density at radius 3 is 2.94 bits per heavy atom. The molecule has 0 aliphatic heterocycles. The van der Waals surface area contributed by atoms with Crippen LogP contribution in [0.2, 0.25) is 0 Å². The molecule has 2 aromatic heterocycles. The zero-order valence-electron chi connectivity index (χ0n) is 9.67. The molecule has 0 radical (unpaired) electrons. The molecule has 1 atom stereocenters. The summed E-state index contributed by atoms with van der Waals surface area (Å²) >= 11 is 0. The second kappa shape index (κ2) is 4.94. The van der Waals surface area contributed by atoms with Gasteiger partial charge >= 0.3 is 0 Å². The largest absolute Gasteiger partial charge is 0.336 e. The fourth-order valence-corrected chi connectivity index (χ4v) is 1.74. The maximum Gasteiger partial charge on any atom is 0.0946 e. The van der Waals surface area contributed by atoms with Gasteiger partial charge in [-0.2, -0.15) is 5.10 Å². The van der Waals surface area contributed by atoms with E-state index in [4.69, 9.17) is 0 Å². The Labute approximate surface area is 95.1 Å². The van der Waals surface area contributed by atoms with Gasteiger partial charge in [0.25, 0.3) is 0 Å². The van der Waals surface area contributed by atoms with E-state index in [9.17, 15) is 0 Å². The van der Waals surface area contributed by atoms with E-state index in [-0.39, 0.29) is 0 Å². The summed E-state index contributed by atoms with van der Waals surface area (Å²) in [6, 6.07) is 2.35. The third-order valence-corrected chi connectivity index (χ3v) is 2.68. The number of nitrogens with zero attached hydrogens (tertiary/aromatic N) is 4. The lowest BCUT2D eigenvalue weighted by atomic mass is 10.2. The molecule has 2 aromatic rings.